The summed E-state index contributed by atoms with van der Waals surface area (Å²) < 4.78 is 60.0. The number of aliphatic hydroxyl groups is 1. The fourth-order valence-corrected chi connectivity index (χ4v) is 4.90. The molecular weight excluding hydrogens is 501 g/mol. The largest absolute Gasteiger partial charge is 0.496 e. The zero-order valence-corrected chi connectivity index (χ0v) is 21.3. The molecule has 0 bridgehead atoms. The summed E-state index contributed by atoms with van der Waals surface area (Å²) >= 11 is 0. The molecule has 200 valence electrons. The minimum absolute atomic E-state index is 0.00445. The van der Waals surface area contributed by atoms with Crippen molar-refractivity contribution in [1.29, 1.82) is 0 Å². The molecule has 1 atom stereocenters. The summed E-state index contributed by atoms with van der Waals surface area (Å²) in [5, 5.41) is 20.1. The first-order valence-electron chi connectivity index (χ1n) is 12.1. The summed E-state index contributed by atoms with van der Waals surface area (Å²) in [6, 6.07) is 8.64. The molecule has 38 heavy (non-hydrogen) atoms. The van der Waals surface area contributed by atoms with E-state index < -0.39 is 29.0 Å². The van der Waals surface area contributed by atoms with Gasteiger partial charge in [-0.3, -0.25) is 0 Å². The summed E-state index contributed by atoms with van der Waals surface area (Å²) in [5.41, 5.74) is -2.29. The number of alkyl halides is 2. The molecule has 4 aromatic rings. The van der Waals surface area contributed by atoms with Gasteiger partial charge in [0, 0.05) is 19.0 Å². The highest BCUT2D eigenvalue weighted by molar-refractivity contribution is 5.71. The lowest BCUT2D eigenvalue weighted by atomic mass is 9.79. The molecule has 0 aliphatic carbocycles. The minimum Gasteiger partial charge on any atom is -0.496 e. The minimum atomic E-state index is -3.02. The quantitative estimate of drug-likeness (QED) is 0.322. The first kappa shape index (κ1) is 25.8. The van der Waals surface area contributed by atoms with Gasteiger partial charge in [-0.15, -0.1) is 10.2 Å². The average Bonchev–Trinajstić information content (AvgIpc) is 3.51. The summed E-state index contributed by atoms with van der Waals surface area (Å²) in [6.45, 7) is 5.41. The Hall–Kier alpha value is -3.86. The summed E-state index contributed by atoms with van der Waals surface area (Å²) in [6.07, 6.45) is -0.479. The smallest absolute Gasteiger partial charge is 0.266 e. The molecular formula is C27H27F3N4O4. The van der Waals surface area contributed by atoms with Gasteiger partial charge in [0.2, 0.25) is 0 Å². The summed E-state index contributed by atoms with van der Waals surface area (Å²) in [4.78, 5) is 4.14. The molecule has 1 N–H and O–H groups in total. The lowest BCUT2D eigenvalue weighted by molar-refractivity contribution is -0.137. The van der Waals surface area contributed by atoms with Crippen molar-refractivity contribution >= 4 is 0 Å². The van der Waals surface area contributed by atoms with Gasteiger partial charge in [0.15, 0.2) is 28.9 Å². The predicted octanol–water partition coefficient (Wildman–Crippen LogP) is 5.83. The van der Waals surface area contributed by atoms with Gasteiger partial charge >= 0.3 is 0 Å². The Morgan fingerprint density at radius 1 is 1.16 bits per heavy atom. The highest BCUT2D eigenvalue weighted by atomic mass is 19.3. The fourth-order valence-electron chi connectivity index (χ4n) is 4.90. The number of ether oxygens (including phenoxy) is 2. The van der Waals surface area contributed by atoms with Crippen LogP contribution in [0, 0.1) is 12.7 Å². The first-order chi connectivity index (χ1) is 18.0. The van der Waals surface area contributed by atoms with Gasteiger partial charge < -0.3 is 23.6 Å². The van der Waals surface area contributed by atoms with Crippen LogP contribution in [0.3, 0.4) is 0 Å². The van der Waals surface area contributed by atoms with Gasteiger partial charge in [0.25, 0.3) is 6.43 Å². The Morgan fingerprint density at radius 2 is 1.95 bits per heavy atom. The number of fused-ring (bicyclic) bond motifs is 1. The van der Waals surface area contributed by atoms with E-state index in [1.807, 2.05) is 16.7 Å². The van der Waals surface area contributed by atoms with Gasteiger partial charge in [-0.25, -0.2) is 18.2 Å². The lowest BCUT2D eigenvalue weighted by Crippen LogP contribution is -2.55. The van der Waals surface area contributed by atoms with E-state index in [4.69, 9.17) is 13.9 Å². The van der Waals surface area contributed by atoms with Crippen LogP contribution in [0.1, 0.15) is 50.4 Å². The summed E-state index contributed by atoms with van der Waals surface area (Å²) in [5.74, 6) is 1.45. The highest BCUT2D eigenvalue weighted by Crippen LogP contribution is 2.45. The SMILES string of the molecule is COc1cc(-c2nnc3n2CCCC3(Oc2ccc(F)c(C(F)F)c2)C(C)(C)O)ccc1-c1cnc(C)o1. The molecule has 1 aliphatic rings. The normalized spacial score (nSPS) is 17.5. The fraction of sp³-hybridized carbons (Fsp3) is 0.370. The van der Waals surface area contributed by atoms with E-state index >= 15 is 0 Å². The molecule has 2 aromatic heterocycles. The van der Waals surface area contributed by atoms with Crippen LogP contribution in [0.2, 0.25) is 0 Å². The van der Waals surface area contributed by atoms with Gasteiger partial charge in [0.1, 0.15) is 22.9 Å². The van der Waals surface area contributed by atoms with E-state index in [9.17, 15) is 18.3 Å². The van der Waals surface area contributed by atoms with E-state index in [2.05, 4.69) is 15.2 Å². The van der Waals surface area contributed by atoms with Crippen molar-refractivity contribution in [2.24, 2.45) is 0 Å². The van der Waals surface area contributed by atoms with Crippen molar-refractivity contribution in [3.05, 3.63) is 65.7 Å². The second-order valence-electron chi connectivity index (χ2n) is 9.73. The maximum absolute atomic E-state index is 13.9. The third kappa shape index (κ3) is 4.30. The maximum Gasteiger partial charge on any atom is 0.266 e. The van der Waals surface area contributed by atoms with Crippen LogP contribution >= 0.6 is 0 Å². The van der Waals surface area contributed by atoms with Crippen molar-refractivity contribution in [3.63, 3.8) is 0 Å². The van der Waals surface area contributed by atoms with E-state index in [0.717, 1.165) is 17.7 Å². The topological polar surface area (TPSA) is 95.4 Å². The number of rotatable bonds is 7. The van der Waals surface area contributed by atoms with Crippen LogP contribution in [-0.2, 0) is 12.1 Å². The molecule has 5 rings (SSSR count). The van der Waals surface area contributed by atoms with E-state index in [1.165, 1.54) is 6.07 Å². The van der Waals surface area contributed by atoms with E-state index in [1.54, 1.807) is 40.1 Å². The second-order valence-corrected chi connectivity index (χ2v) is 9.73. The van der Waals surface area contributed by atoms with Crippen LogP contribution in [0.4, 0.5) is 13.2 Å². The molecule has 0 saturated heterocycles. The number of oxazole rings is 1. The van der Waals surface area contributed by atoms with Gasteiger partial charge in [-0.05, 0) is 57.0 Å². The van der Waals surface area contributed by atoms with Gasteiger partial charge in [-0.1, -0.05) is 6.07 Å². The van der Waals surface area contributed by atoms with Crippen molar-refractivity contribution < 1.29 is 32.2 Å². The van der Waals surface area contributed by atoms with Crippen molar-refractivity contribution in [2.45, 2.75) is 57.8 Å². The Bertz CT molecular complexity index is 1480. The number of hydrogen-bond donors (Lipinski definition) is 1. The third-order valence-electron chi connectivity index (χ3n) is 6.85. The Morgan fingerprint density at radius 3 is 2.61 bits per heavy atom. The van der Waals surface area contributed by atoms with Crippen LogP contribution in [0.15, 0.2) is 47.0 Å². The third-order valence-corrected chi connectivity index (χ3v) is 6.85. The first-order valence-corrected chi connectivity index (χ1v) is 12.1. The standard InChI is InChI=1S/C27H27F3N4O4/c1-15-31-14-22(37-15)18-8-6-16(12-21(18)36-4)24-32-33-25-27(26(2,3)35,10-5-11-34(24)25)38-17-7-9-20(28)19(13-17)23(29)30/h6-9,12-14,23,35H,5,10-11H2,1-4H3. The number of benzene rings is 2. The zero-order chi connectivity index (χ0) is 27.2. The maximum atomic E-state index is 13.9. The molecule has 2 aromatic carbocycles. The number of nitrogens with zero attached hydrogens (tertiary/aromatic N) is 4. The molecule has 11 heteroatoms. The zero-order valence-electron chi connectivity index (χ0n) is 21.3. The van der Waals surface area contributed by atoms with Crippen LogP contribution in [-0.4, -0.2) is 37.6 Å². The molecule has 1 aliphatic heterocycles. The predicted molar refractivity (Wildman–Crippen MR) is 131 cm³/mol. The molecule has 0 radical (unpaired) electrons. The lowest BCUT2D eigenvalue weighted by Gasteiger charge is -2.44. The number of hydrogen-bond acceptors (Lipinski definition) is 7. The number of aromatic nitrogens is 4. The van der Waals surface area contributed by atoms with Crippen molar-refractivity contribution in [2.75, 3.05) is 7.11 Å². The molecule has 0 fully saturated rings. The van der Waals surface area contributed by atoms with E-state index in [0.29, 0.717) is 54.0 Å². The van der Waals surface area contributed by atoms with Crippen LogP contribution in [0.25, 0.3) is 22.7 Å². The number of aryl methyl sites for hydroxylation is 1. The molecule has 0 spiro atoms. The number of methoxy groups -OCH3 is 1. The molecule has 1 unspecified atom stereocenters. The Balaban J connectivity index is 1.58. The molecule has 0 amide bonds. The molecule has 3 heterocycles. The van der Waals surface area contributed by atoms with Gasteiger partial charge in [-0.2, -0.15) is 0 Å². The second kappa shape index (κ2) is 9.46. The Labute approximate surface area is 217 Å². The average molecular weight is 529 g/mol. The van der Waals surface area contributed by atoms with Crippen molar-refractivity contribution in [3.8, 4) is 34.2 Å². The monoisotopic (exact) mass is 528 g/mol. The van der Waals surface area contributed by atoms with Crippen LogP contribution < -0.4 is 9.47 Å². The summed E-state index contributed by atoms with van der Waals surface area (Å²) in [7, 11) is 1.55. The highest BCUT2D eigenvalue weighted by Gasteiger charge is 2.53. The van der Waals surface area contributed by atoms with Crippen molar-refractivity contribution in [1.82, 2.24) is 19.7 Å². The van der Waals surface area contributed by atoms with E-state index in [-0.39, 0.29) is 5.75 Å². The number of halogens is 3. The van der Waals surface area contributed by atoms with Gasteiger partial charge in [0.05, 0.1) is 24.4 Å². The molecule has 0 saturated carbocycles. The van der Waals surface area contributed by atoms with Crippen LogP contribution in [0.5, 0.6) is 11.5 Å². The Kier molecular flexibility index (Phi) is 6.42. The molecule has 8 nitrogen and oxygen atoms in total.